The first-order valence-electron chi connectivity index (χ1n) is 6.04. The fourth-order valence-electron chi connectivity index (χ4n) is 2.26. The van der Waals surface area contributed by atoms with Gasteiger partial charge in [0.2, 0.25) is 5.91 Å². The zero-order chi connectivity index (χ0) is 13.0. The maximum atomic E-state index is 11.8. The van der Waals surface area contributed by atoms with Gasteiger partial charge in [0.15, 0.2) is 0 Å². The van der Waals surface area contributed by atoms with Crippen molar-refractivity contribution in [2.24, 2.45) is 11.8 Å². The number of carboxylic acids is 1. The third kappa shape index (κ3) is 3.29. The molecule has 1 saturated carbocycles. The molecule has 18 heavy (non-hydrogen) atoms. The number of amides is 1. The second-order valence-corrected chi connectivity index (χ2v) is 5.28. The number of nitrogens with zero attached hydrogens (tertiary/aromatic N) is 1. The minimum Gasteiger partial charge on any atom is -0.481 e. The zero-order valence-electron chi connectivity index (χ0n) is 9.96. The van der Waals surface area contributed by atoms with E-state index in [0.29, 0.717) is 25.8 Å². The highest BCUT2D eigenvalue weighted by molar-refractivity contribution is 7.07. The maximum Gasteiger partial charge on any atom is 0.306 e. The van der Waals surface area contributed by atoms with Crippen LogP contribution in [0.2, 0.25) is 0 Å². The third-order valence-electron chi connectivity index (χ3n) is 3.32. The molecule has 0 spiro atoms. The van der Waals surface area contributed by atoms with E-state index in [9.17, 15) is 9.59 Å². The molecule has 2 rings (SSSR count). The Hall–Kier alpha value is -1.43. The van der Waals surface area contributed by atoms with Crippen molar-refractivity contribution in [3.05, 3.63) is 16.6 Å². The molecule has 0 saturated heterocycles. The fourth-order valence-corrected chi connectivity index (χ4v) is 2.86. The summed E-state index contributed by atoms with van der Waals surface area (Å²) in [7, 11) is 0. The molecule has 1 amide bonds. The summed E-state index contributed by atoms with van der Waals surface area (Å²) in [5.41, 5.74) is 2.75. The molecule has 0 unspecified atom stereocenters. The Labute approximate surface area is 109 Å². The number of aliphatic carboxylic acids is 1. The van der Waals surface area contributed by atoms with Gasteiger partial charge in [-0.25, -0.2) is 4.98 Å². The minimum atomic E-state index is -0.784. The summed E-state index contributed by atoms with van der Waals surface area (Å²) in [6.45, 7) is 0.566. The molecule has 1 aromatic rings. The number of carbonyl (C=O) groups excluding carboxylic acids is 1. The molecular weight excluding hydrogens is 252 g/mol. The topological polar surface area (TPSA) is 79.3 Å². The highest BCUT2D eigenvalue weighted by Crippen LogP contribution is 2.30. The van der Waals surface area contributed by atoms with Gasteiger partial charge in [0.25, 0.3) is 0 Å². The van der Waals surface area contributed by atoms with E-state index in [1.165, 1.54) is 11.3 Å². The Morgan fingerprint density at radius 3 is 2.83 bits per heavy atom. The molecule has 1 aliphatic rings. The number of hydrogen-bond donors (Lipinski definition) is 2. The van der Waals surface area contributed by atoms with Gasteiger partial charge in [0.05, 0.1) is 17.1 Å². The van der Waals surface area contributed by atoms with Crippen molar-refractivity contribution in [2.75, 3.05) is 6.54 Å². The summed E-state index contributed by atoms with van der Waals surface area (Å²) in [5, 5.41) is 13.7. The Bertz CT molecular complexity index is 419. The van der Waals surface area contributed by atoms with Crippen LogP contribution in [-0.4, -0.2) is 28.5 Å². The molecular formula is C12H16N2O3S. The van der Waals surface area contributed by atoms with Crippen molar-refractivity contribution in [1.29, 1.82) is 0 Å². The molecule has 1 fully saturated rings. The molecule has 6 heteroatoms. The maximum absolute atomic E-state index is 11.8. The predicted molar refractivity (Wildman–Crippen MR) is 67.3 cm³/mol. The summed E-state index contributed by atoms with van der Waals surface area (Å²) in [4.78, 5) is 26.8. The van der Waals surface area contributed by atoms with Crippen LogP contribution in [0, 0.1) is 11.8 Å². The van der Waals surface area contributed by atoms with Crippen LogP contribution in [0.4, 0.5) is 0 Å². The first-order valence-corrected chi connectivity index (χ1v) is 6.98. The molecule has 5 nitrogen and oxygen atoms in total. The van der Waals surface area contributed by atoms with Crippen LogP contribution in [-0.2, 0) is 16.0 Å². The van der Waals surface area contributed by atoms with Crippen molar-refractivity contribution < 1.29 is 14.7 Å². The lowest BCUT2D eigenvalue weighted by atomic mass is 10.0. The monoisotopic (exact) mass is 268 g/mol. The number of thiazole rings is 1. The SMILES string of the molecule is O=C(O)[C@H]1CC[C@@H](C(=O)NCCc2cscn2)C1. The number of aromatic nitrogens is 1. The van der Waals surface area contributed by atoms with E-state index in [2.05, 4.69) is 10.3 Å². The lowest BCUT2D eigenvalue weighted by molar-refractivity contribution is -0.141. The number of carboxylic acid groups (broad SMARTS) is 1. The van der Waals surface area contributed by atoms with Gasteiger partial charge >= 0.3 is 5.97 Å². The minimum absolute atomic E-state index is 0.0195. The summed E-state index contributed by atoms with van der Waals surface area (Å²) >= 11 is 1.54. The van der Waals surface area contributed by atoms with Gasteiger partial charge in [-0.2, -0.15) is 0 Å². The third-order valence-corrected chi connectivity index (χ3v) is 3.95. The Balaban J connectivity index is 1.71. The number of nitrogens with one attached hydrogen (secondary N) is 1. The zero-order valence-corrected chi connectivity index (χ0v) is 10.8. The second-order valence-electron chi connectivity index (χ2n) is 4.57. The lowest BCUT2D eigenvalue weighted by Gasteiger charge is -2.10. The molecule has 0 aliphatic heterocycles. The first kappa shape index (κ1) is 13.0. The molecule has 98 valence electrons. The van der Waals surface area contributed by atoms with E-state index in [-0.39, 0.29) is 17.7 Å². The number of rotatable bonds is 5. The van der Waals surface area contributed by atoms with Crippen LogP contribution in [0.1, 0.15) is 25.0 Å². The summed E-state index contributed by atoms with van der Waals surface area (Å²) < 4.78 is 0. The standard InChI is InChI=1S/C12H16N2O3S/c15-11(8-1-2-9(5-8)12(16)17)13-4-3-10-6-18-7-14-10/h6-9H,1-5H2,(H,13,15)(H,16,17)/t8-,9+/m1/s1. The van der Waals surface area contributed by atoms with Gasteiger partial charge in [-0.15, -0.1) is 11.3 Å². The van der Waals surface area contributed by atoms with Crippen LogP contribution in [0.15, 0.2) is 10.9 Å². The van der Waals surface area contributed by atoms with E-state index >= 15 is 0 Å². The highest BCUT2D eigenvalue weighted by atomic mass is 32.1. The Morgan fingerprint density at radius 2 is 2.22 bits per heavy atom. The van der Waals surface area contributed by atoms with Gasteiger partial charge in [-0.05, 0) is 19.3 Å². The van der Waals surface area contributed by atoms with Gasteiger partial charge in [0, 0.05) is 24.3 Å². The highest BCUT2D eigenvalue weighted by Gasteiger charge is 2.33. The molecule has 0 radical (unpaired) electrons. The lowest BCUT2D eigenvalue weighted by Crippen LogP contribution is -2.31. The Kier molecular flexibility index (Phi) is 4.30. The van der Waals surface area contributed by atoms with Gasteiger partial charge < -0.3 is 10.4 Å². The van der Waals surface area contributed by atoms with Crippen molar-refractivity contribution in [2.45, 2.75) is 25.7 Å². The van der Waals surface area contributed by atoms with E-state index in [0.717, 1.165) is 12.1 Å². The van der Waals surface area contributed by atoms with Crippen LogP contribution in [0.5, 0.6) is 0 Å². The molecule has 1 heterocycles. The smallest absolute Gasteiger partial charge is 0.306 e. The Morgan fingerprint density at radius 1 is 1.44 bits per heavy atom. The molecule has 1 aliphatic carbocycles. The predicted octanol–water partition coefficient (Wildman–Crippen LogP) is 1.30. The van der Waals surface area contributed by atoms with Crippen LogP contribution in [0.25, 0.3) is 0 Å². The fraction of sp³-hybridized carbons (Fsp3) is 0.583. The first-order chi connectivity index (χ1) is 8.66. The largest absolute Gasteiger partial charge is 0.481 e. The van der Waals surface area contributed by atoms with Gasteiger partial charge in [0.1, 0.15) is 0 Å². The average Bonchev–Trinajstić information content (AvgIpc) is 2.99. The average molecular weight is 268 g/mol. The summed E-state index contributed by atoms with van der Waals surface area (Å²) in [5.74, 6) is -1.29. The summed E-state index contributed by atoms with van der Waals surface area (Å²) in [6.07, 6.45) is 2.49. The van der Waals surface area contributed by atoms with E-state index in [4.69, 9.17) is 5.11 Å². The molecule has 1 aromatic heterocycles. The van der Waals surface area contributed by atoms with Crippen molar-refractivity contribution in [3.63, 3.8) is 0 Å². The second kappa shape index (κ2) is 5.95. The van der Waals surface area contributed by atoms with Crippen molar-refractivity contribution >= 4 is 23.2 Å². The molecule has 0 bridgehead atoms. The molecule has 2 N–H and O–H groups in total. The van der Waals surface area contributed by atoms with Crippen molar-refractivity contribution in [1.82, 2.24) is 10.3 Å². The number of carbonyl (C=O) groups is 2. The number of hydrogen-bond acceptors (Lipinski definition) is 4. The van der Waals surface area contributed by atoms with Gasteiger partial charge in [-0.1, -0.05) is 0 Å². The van der Waals surface area contributed by atoms with Crippen LogP contribution in [0.3, 0.4) is 0 Å². The van der Waals surface area contributed by atoms with Gasteiger partial charge in [-0.3, -0.25) is 9.59 Å². The van der Waals surface area contributed by atoms with E-state index < -0.39 is 5.97 Å². The summed E-state index contributed by atoms with van der Waals surface area (Å²) in [6, 6.07) is 0. The quantitative estimate of drug-likeness (QED) is 0.843. The van der Waals surface area contributed by atoms with Crippen LogP contribution < -0.4 is 5.32 Å². The molecule has 2 atom stereocenters. The van der Waals surface area contributed by atoms with Crippen molar-refractivity contribution in [3.8, 4) is 0 Å². The molecule has 0 aromatic carbocycles. The van der Waals surface area contributed by atoms with E-state index in [1.54, 1.807) is 5.51 Å². The van der Waals surface area contributed by atoms with E-state index in [1.807, 2.05) is 5.38 Å². The van der Waals surface area contributed by atoms with Crippen LogP contribution >= 0.6 is 11.3 Å². The normalized spacial score (nSPS) is 22.9.